The van der Waals surface area contributed by atoms with Gasteiger partial charge in [0.2, 0.25) is 0 Å². The van der Waals surface area contributed by atoms with Gasteiger partial charge in [-0.2, -0.15) is 0 Å². The Morgan fingerprint density at radius 2 is 2.03 bits per heavy atom. The zero-order valence-corrected chi connectivity index (χ0v) is 18.6. The molecule has 1 aromatic heterocycles. The third-order valence-corrected chi connectivity index (χ3v) is 6.04. The maximum Gasteiger partial charge on any atom is 0.251 e. The van der Waals surface area contributed by atoms with Crippen molar-refractivity contribution in [2.75, 3.05) is 38.1 Å². The van der Waals surface area contributed by atoms with Gasteiger partial charge in [-0.05, 0) is 62.6 Å². The summed E-state index contributed by atoms with van der Waals surface area (Å²) in [6.45, 7) is 5.99. The van der Waals surface area contributed by atoms with Crippen molar-refractivity contribution >= 4 is 17.2 Å². The van der Waals surface area contributed by atoms with Crippen LogP contribution >= 0.6 is 0 Å². The Balaban J connectivity index is 1.40. The zero-order chi connectivity index (χ0) is 22.3. The Morgan fingerprint density at radius 3 is 2.78 bits per heavy atom. The van der Waals surface area contributed by atoms with E-state index in [-0.39, 0.29) is 18.1 Å². The molecule has 3 heterocycles. The lowest BCUT2D eigenvalue weighted by molar-refractivity contribution is -0.115. The van der Waals surface area contributed by atoms with Crippen molar-refractivity contribution in [1.29, 1.82) is 0 Å². The first-order valence-corrected chi connectivity index (χ1v) is 11.5. The second-order valence-electron chi connectivity index (χ2n) is 8.31. The molecule has 3 N–H and O–H groups in total. The Hall–Kier alpha value is -2.90. The number of anilines is 1. The molecule has 0 aliphatic carbocycles. The van der Waals surface area contributed by atoms with Gasteiger partial charge in [-0.1, -0.05) is 12.1 Å². The van der Waals surface area contributed by atoms with E-state index in [9.17, 15) is 9.90 Å². The standard InChI is InChI=1S/C25H32N4O3/c1-2-32-20-6-4-18(5-7-20)24-16-21(22-17-26-12-8-23(22)28-24)25(31)27-11-3-13-29-14-9-19(30)10-15-29/h4-8,12,16-17,19,24,28,30H,2-3,9-11,13-15H2,1H3,(H,27,31). The van der Waals surface area contributed by atoms with Gasteiger partial charge in [0.05, 0.1) is 18.8 Å². The Bertz CT molecular complexity index is 936. The van der Waals surface area contributed by atoms with E-state index >= 15 is 0 Å². The number of hydrogen-bond acceptors (Lipinski definition) is 6. The number of carbonyl (C=O) groups is 1. The molecule has 1 saturated heterocycles. The van der Waals surface area contributed by atoms with Crippen LogP contribution in [0.3, 0.4) is 0 Å². The molecule has 1 amide bonds. The summed E-state index contributed by atoms with van der Waals surface area (Å²) in [5.41, 5.74) is 3.43. The number of benzene rings is 1. The van der Waals surface area contributed by atoms with Crippen molar-refractivity contribution in [3.05, 3.63) is 59.9 Å². The quantitative estimate of drug-likeness (QED) is 0.552. The average Bonchev–Trinajstić information content (AvgIpc) is 2.83. The van der Waals surface area contributed by atoms with Crippen LogP contribution in [0.25, 0.3) is 5.57 Å². The largest absolute Gasteiger partial charge is 0.494 e. The van der Waals surface area contributed by atoms with Crippen LogP contribution in [0, 0.1) is 0 Å². The van der Waals surface area contributed by atoms with Gasteiger partial charge in [0.1, 0.15) is 5.75 Å². The summed E-state index contributed by atoms with van der Waals surface area (Å²) < 4.78 is 5.54. The number of aliphatic hydroxyl groups is 1. The summed E-state index contributed by atoms with van der Waals surface area (Å²) in [4.78, 5) is 19.6. The number of aromatic nitrogens is 1. The van der Waals surface area contributed by atoms with Crippen LogP contribution in [0.15, 0.2) is 48.8 Å². The number of likely N-dealkylation sites (tertiary alicyclic amines) is 1. The number of carbonyl (C=O) groups excluding carboxylic acids is 1. The molecule has 2 aliphatic rings. The summed E-state index contributed by atoms with van der Waals surface area (Å²) in [5, 5.41) is 16.2. The number of ether oxygens (including phenoxy) is 1. The zero-order valence-electron chi connectivity index (χ0n) is 18.6. The fourth-order valence-electron chi connectivity index (χ4n) is 4.26. The molecular weight excluding hydrogens is 404 g/mol. The van der Waals surface area contributed by atoms with Crippen molar-refractivity contribution in [2.24, 2.45) is 0 Å². The van der Waals surface area contributed by atoms with Crippen LogP contribution in [0.5, 0.6) is 5.75 Å². The molecule has 0 radical (unpaired) electrons. The smallest absolute Gasteiger partial charge is 0.251 e. The first-order valence-electron chi connectivity index (χ1n) is 11.5. The van der Waals surface area contributed by atoms with E-state index in [1.54, 1.807) is 12.4 Å². The van der Waals surface area contributed by atoms with Gasteiger partial charge >= 0.3 is 0 Å². The molecule has 32 heavy (non-hydrogen) atoms. The van der Waals surface area contributed by atoms with Gasteiger partial charge in [0.15, 0.2) is 0 Å². The molecule has 2 aromatic rings. The van der Waals surface area contributed by atoms with E-state index in [0.717, 1.165) is 61.5 Å². The summed E-state index contributed by atoms with van der Waals surface area (Å²) >= 11 is 0. The molecule has 7 heteroatoms. The summed E-state index contributed by atoms with van der Waals surface area (Å²) in [6, 6.07) is 9.75. The second-order valence-corrected chi connectivity index (χ2v) is 8.31. The van der Waals surface area contributed by atoms with Crippen molar-refractivity contribution in [3.8, 4) is 5.75 Å². The third-order valence-electron chi connectivity index (χ3n) is 6.04. The highest BCUT2D eigenvalue weighted by Gasteiger charge is 2.24. The highest BCUT2D eigenvalue weighted by atomic mass is 16.5. The molecule has 4 rings (SSSR count). The lowest BCUT2D eigenvalue weighted by atomic mass is 9.94. The monoisotopic (exact) mass is 436 g/mol. The molecule has 0 spiro atoms. The molecule has 0 bridgehead atoms. The van der Waals surface area contributed by atoms with E-state index in [1.165, 1.54) is 0 Å². The molecule has 1 aromatic carbocycles. The predicted octanol–water partition coefficient (Wildman–Crippen LogP) is 2.99. The first kappa shape index (κ1) is 22.3. The van der Waals surface area contributed by atoms with E-state index in [2.05, 4.69) is 20.5 Å². The average molecular weight is 437 g/mol. The van der Waals surface area contributed by atoms with Crippen molar-refractivity contribution < 1.29 is 14.6 Å². The molecule has 1 fully saturated rings. The van der Waals surface area contributed by atoms with Crippen molar-refractivity contribution in [1.82, 2.24) is 15.2 Å². The number of piperidine rings is 1. The van der Waals surface area contributed by atoms with Gasteiger partial charge in [-0.25, -0.2) is 0 Å². The van der Waals surface area contributed by atoms with Gasteiger partial charge < -0.3 is 25.4 Å². The fourth-order valence-corrected chi connectivity index (χ4v) is 4.26. The molecule has 2 aliphatic heterocycles. The minimum atomic E-state index is -0.158. The van der Waals surface area contributed by atoms with Crippen LogP contribution < -0.4 is 15.4 Å². The van der Waals surface area contributed by atoms with Crippen LogP contribution in [-0.2, 0) is 4.79 Å². The lowest BCUT2D eigenvalue weighted by Crippen LogP contribution is -2.37. The normalized spacial score (nSPS) is 18.9. The number of pyridine rings is 1. The summed E-state index contributed by atoms with van der Waals surface area (Å²) in [5.74, 6) is 0.757. The second kappa shape index (κ2) is 10.6. The predicted molar refractivity (Wildman–Crippen MR) is 125 cm³/mol. The number of hydrogen-bond donors (Lipinski definition) is 3. The summed E-state index contributed by atoms with van der Waals surface area (Å²) in [6.07, 6.45) is 7.84. The minimum absolute atomic E-state index is 0.0780. The molecule has 7 nitrogen and oxygen atoms in total. The highest BCUT2D eigenvalue weighted by Crippen LogP contribution is 2.35. The molecule has 0 saturated carbocycles. The van der Waals surface area contributed by atoms with Crippen LogP contribution in [0.2, 0.25) is 0 Å². The van der Waals surface area contributed by atoms with Crippen LogP contribution in [0.1, 0.15) is 43.4 Å². The maximum absolute atomic E-state index is 13.1. The highest BCUT2D eigenvalue weighted by molar-refractivity contribution is 6.21. The number of fused-ring (bicyclic) bond motifs is 1. The minimum Gasteiger partial charge on any atom is -0.494 e. The number of nitrogens with one attached hydrogen (secondary N) is 2. The number of rotatable bonds is 8. The third kappa shape index (κ3) is 5.47. The fraction of sp³-hybridized carbons (Fsp3) is 0.440. The number of nitrogens with zero attached hydrogens (tertiary/aromatic N) is 2. The SMILES string of the molecule is CCOc1ccc(C2C=C(C(=O)NCCCN3CCC(O)CC3)c3cnccc3N2)cc1. The summed E-state index contributed by atoms with van der Waals surface area (Å²) in [7, 11) is 0. The van der Waals surface area contributed by atoms with Gasteiger partial charge in [0.25, 0.3) is 5.91 Å². The Labute approximate surface area is 189 Å². The van der Waals surface area contributed by atoms with Crippen LogP contribution in [0.4, 0.5) is 5.69 Å². The van der Waals surface area contributed by atoms with E-state index < -0.39 is 0 Å². The van der Waals surface area contributed by atoms with Gasteiger partial charge in [-0.3, -0.25) is 9.78 Å². The topological polar surface area (TPSA) is 86.7 Å². The maximum atomic E-state index is 13.1. The molecule has 170 valence electrons. The molecule has 1 atom stereocenters. The van der Waals surface area contributed by atoms with Gasteiger partial charge in [-0.15, -0.1) is 0 Å². The van der Waals surface area contributed by atoms with Crippen LogP contribution in [-0.4, -0.2) is 59.8 Å². The first-order chi connectivity index (χ1) is 15.6. The van der Waals surface area contributed by atoms with E-state index in [4.69, 9.17) is 4.74 Å². The molecular formula is C25H32N4O3. The number of amides is 1. The van der Waals surface area contributed by atoms with Gasteiger partial charge in [0, 0.05) is 48.9 Å². The molecule has 1 unspecified atom stereocenters. The Kier molecular flexibility index (Phi) is 7.39. The van der Waals surface area contributed by atoms with Crippen molar-refractivity contribution in [3.63, 3.8) is 0 Å². The number of aliphatic hydroxyl groups excluding tert-OH is 1. The van der Waals surface area contributed by atoms with E-state index in [0.29, 0.717) is 18.7 Å². The lowest BCUT2D eigenvalue weighted by Gasteiger charge is -2.29. The van der Waals surface area contributed by atoms with E-state index in [1.807, 2.05) is 43.3 Å². The van der Waals surface area contributed by atoms with Crippen molar-refractivity contribution in [2.45, 2.75) is 38.3 Å². The Morgan fingerprint density at radius 1 is 1.25 bits per heavy atom.